The van der Waals surface area contributed by atoms with Crippen LogP contribution in [0, 0.1) is 18.3 Å². The molecule has 1 aromatic carbocycles. The SMILES string of the molecule is CCCCCCCCCCNc1ccc(C)cc1C#N. The molecule has 0 aromatic heterocycles. The number of rotatable bonds is 10. The van der Waals surface area contributed by atoms with E-state index in [0.29, 0.717) is 0 Å². The standard InChI is InChI=1S/C18H28N2/c1-3-4-5-6-7-8-9-10-13-20-18-12-11-16(2)14-17(18)15-19/h11-12,14,20H,3-10,13H2,1-2H3. The molecule has 0 fully saturated rings. The van der Waals surface area contributed by atoms with Crippen molar-refractivity contribution in [3.63, 3.8) is 0 Å². The van der Waals surface area contributed by atoms with Crippen LogP contribution in [0.25, 0.3) is 0 Å². The fraction of sp³-hybridized carbons (Fsp3) is 0.611. The average Bonchev–Trinajstić information content (AvgIpc) is 2.46. The van der Waals surface area contributed by atoms with Crippen molar-refractivity contribution in [3.8, 4) is 6.07 Å². The number of nitrogens with one attached hydrogen (secondary N) is 1. The van der Waals surface area contributed by atoms with Crippen molar-refractivity contribution in [1.29, 1.82) is 5.26 Å². The minimum Gasteiger partial charge on any atom is -0.384 e. The summed E-state index contributed by atoms with van der Waals surface area (Å²) in [7, 11) is 0. The summed E-state index contributed by atoms with van der Waals surface area (Å²) in [5, 5.41) is 12.5. The van der Waals surface area contributed by atoms with Gasteiger partial charge in [0.05, 0.1) is 11.3 Å². The van der Waals surface area contributed by atoms with E-state index >= 15 is 0 Å². The van der Waals surface area contributed by atoms with Gasteiger partial charge in [0.2, 0.25) is 0 Å². The van der Waals surface area contributed by atoms with Gasteiger partial charge in [-0.25, -0.2) is 0 Å². The Kier molecular flexibility index (Phi) is 8.54. The van der Waals surface area contributed by atoms with Crippen molar-refractivity contribution in [1.82, 2.24) is 0 Å². The Labute approximate surface area is 124 Å². The van der Waals surface area contributed by atoms with E-state index in [9.17, 15) is 0 Å². The molecule has 0 aliphatic heterocycles. The molecule has 0 amide bonds. The first-order valence-electron chi connectivity index (χ1n) is 8.02. The van der Waals surface area contributed by atoms with Crippen molar-refractivity contribution in [2.75, 3.05) is 11.9 Å². The van der Waals surface area contributed by atoms with Crippen molar-refractivity contribution in [2.45, 2.75) is 65.2 Å². The lowest BCUT2D eigenvalue weighted by molar-refractivity contribution is 0.581. The van der Waals surface area contributed by atoms with Crippen LogP contribution in [0.1, 0.15) is 69.4 Å². The second-order valence-electron chi connectivity index (χ2n) is 5.56. The third-order valence-electron chi connectivity index (χ3n) is 3.64. The van der Waals surface area contributed by atoms with Crippen molar-refractivity contribution < 1.29 is 0 Å². The van der Waals surface area contributed by atoms with E-state index in [1.54, 1.807) is 0 Å². The lowest BCUT2D eigenvalue weighted by atomic mass is 10.1. The van der Waals surface area contributed by atoms with Crippen molar-refractivity contribution >= 4 is 5.69 Å². The first kappa shape index (κ1) is 16.6. The molecule has 0 radical (unpaired) electrons. The van der Waals surface area contributed by atoms with Crippen LogP contribution in [-0.2, 0) is 0 Å². The number of anilines is 1. The number of unbranched alkanes of at least 4 members (excludes halogenated alkanes) is 7. The third-order valence-corrected chi connectivity index (χ3v) is 3.64. The van der Waals surface area contributed by atoms with Crippen LogP contribution in [0.15, 0.2) is 18.2 Å². The molecule has 110 valence electrons. The summed E-state index contributed by atoms with van der Waals surface area (Å²) in [4.78, 5) is 0. The number of nitriles is 1. The molecule has 0 saturated carbocycles. The molecule has 1 N–H and O–H groups in total. The van der Waals surface area contributed by atoms with Crippen LogP contribution in [0.3, 0.4) is 0 Å². The summed E-state index contributed by atoms with van der Waals surface area (Å²) >= 11 is 0. The molecular formula is C18H28N2. The van der Waals surface area contributed by atoms with Gasteiger partial charge in [0.25, 0.3) is 0 Å². The number of aryl methyl sites for hydroxylation is 1. The zero-order valence-electron chi connectivity index (χ0n) is 13.0. The molecule has 1 aromatic rings. The van der Waals surface area contributed by atoms with E-state index in [-0.39, 0.29) is 0 Å². The van der Waals surface area contributed by atoms with Crippen LogP contribution in [0.5, 0.6) is 0 Å². The van der Waals surface area contributed by atoms with E-state index in [1.165, 1.54) is 51.4 Å². The molecule has 0 heterocycles. The molecule has 0 spiro atoms. The molecule has 0 aliphatic rings. The van der Waals surface area contributed by atoms with E-state index < -0.39 is 0 Å². The summed E-state index contributed by atoms with van der Waals surface area (Å²) in [5.74, 6) is 0. The molecule has 0 unspecified atom stereocenters. The van der Waals surface area contributed by atoms with E-state index in [0.717, 1.165) is 23.4 Å². The lowest BCUT2D eigenvalue weighted by Crippen LogP contribution is -2.03. The van der Waals surface area contributed by atoms with Gasteiger partial charge in [-0.1, -0.05) is 57.9 Å². The quantitative estimate of drug-likeness (QED) is 0.577. The summed E-state index contributed by atoms with van der Waals surface area (Å²) in [6.07, 6.45) is 10.7. The van der Waals surface area contributed by atoms with Crippen LogP contribution in [-0.4, -0.2) is 6.54 Å². The molecule has 2 heteroatoms. The van der Waals surface area contributed by atoms with Crippen molar-refractivity contribution in [2.24, 2.45) is 0 Å². The normalized spacial score (nSPS) is 10.2. The topological polar surface area (TPSA) is 35.8 Å². The smallest absolute Gasteiger partial charge is 0.101 e. The minimum absolute atomic E-state index is 0.754. The summed E-state index contributed by atoms with van der Waals surface area (Å²) in [5.41, 5.74) is 2.87. The zero-order valence-corrected chi connectivity index (χ0v) is 13.0. The van der Waals surface area contributed by atoms with Gasteiger partial charge in [0.1, 0.15) is 6.07 Å². The Hall–Kier alpha value is -1.49. The van der Waals surface area contributed by atoms with Gasteiger partial charge in [-0.2, -0.15) is 5.26 Å². The maximum absolute atomic E-state index is 9.10. The highest BCUT2D eigenvalue weighted by atomic mass is 14.9. The van der Waals surface area contributed by atoms with Gasteiger partial charge in [0.15, 0.2) is 0 Å². The van der Waals surface area contributed by atoms with E-state index in [2.05, 4.69) is 24.4 Å². The molecule has 20 heavy (non-hydrogen) atoms. The predicted molar refractivity (Wildman–Crippen MR) is 87.0 cm³/mol. The third kappa shape index (κ3) is 6.61. The monoisotopic (exact) mass is 272 g/mol. The number of hydrogen-bond acceptors (Lipinski definition) is 2. The van der Waals surface area contributed by atoms with Gasteiger partial charge in [0, 0.05) is 6.54 Å². The molecule has 0 saturated heterocycles. The Morgan fingerprint density at radius 1 is 1.00 bits per heavy atom. The van der Waals surface area contributed by atoms with Gasteiger partial charge in [-0.05, 0) is 31.0 Å². The Bertz CT molecular complexity index is 418. The van der Waals surface area contributed by atoms with Crippen LogP contribution in [0.4, 0.5) is 5.69 Å². The lowest BCUT2D eigenvalue weighted by Gasteiger charge is -2.08. The Morgan fingerprint density at radius 3 is 2.30 bits per heavy atom. The Morgan fingerprint density at radius 2 is 1.65 bits per heavy atom. The van der Waals surface area contributed by atoms with Crippen molar-refractivity contribution in [3.05, 3.63) is 29.3 Å². The highest BCUT2D eigenvalue weighted by molar-refractivity contribution is 5.58. The van der Waals surface area contributed by atoms with Gasteiger partial charge >= 0.3 is 0 Å². The fourth-order valence-corrected chi connectivity index (χ4v) is 2.39. The molecule has 0 bridgehead atoms. The molecular weight excluding hydrogens is 244 g/mol. The van der Waals surface area contributed by atoms with Gasteiger partial charge < -0.3 is 5.32 Å². The molecule has 2 nitrogen and oxygen atoms in total. The highest BCUT2D eigenvalue weighted by Gasteiger charge is 2.01. The van der Waals surface area contributed by atoms with Gasteiger partial charge in [-0.15, -0.1) is 0 Å². The van der Waals surface area contributed by atoms with Crippen LogP contribution in [0.2, 0.25) is 0 Å². The minimum atomic E-state index is 0.754. The van der Waals surface area contributed by atoms with E-state index in [1.807, 2.05) is 19.1 Å². The second kappa shape index (κ2) is 10.3. The molecule has 0 aliphatic carbocycles. The van der Waals surface area contributed by atoms with Crippen LogP contribution < -0.4 is 5.32 Å². The maximum Gasteiger partial charge on any atom is 0.101 e. The van der Waals surface area contributed by atoms with E-state index in [4.69, 9.17) is 5.26 Å². The predicted octanol–water partition coefficient (Wildman–Crippen LogP) is 5.42. The highest BCUT2D eigenvalue weighted by Crippen LogP contribution is 2.16. The number of hydrogen-bond donors (Lipinski definition) is 1. The largest absolute Gasteiger partial charge is 0.384 e. The van der Waals surface area contributed by atoms with Crippen LogP contribution >= 0.6 is 0 Å². The summed E-state index contributed by atoms with van der Waals surface area (Å²) < 4.78 is 0. The first-order valence-corrected chi connectivity index (χ1v) is 8.02. The maximum atomic E-state index is 9.10. The summed E-state index contributed by atoms with van der Waals surface area (Å²) in [6.45, 7) is 5.24. The second-order valence-corrected chi connectivity index (χ2v) is 5.56. The summed E-state index contributed by atoms with van der Waals surface area (Å²) in [6, 6.07) is 8.26. The van der Waals surface area contributed by atoms with Gasteiger partial charge in [-0.3, -0.25) is 0 Å². The average molecular weight is 272 g/mol. The first-order chi connectivity index (χ1) is 9.77. The number of nitrogens with zero attached hydrogens (tertiary/aromatic N) is 1. The molecule has 0 atom stereocenters. The zero-order chi connectivity index (χ0) is 14.6. The fourth-order valence-electron chi connectivity index (χ4n) is 2.39. The number of benzene rings is 1. The molecule has 1 rings (SSSR count). The Balaban J connectivity index is 2.11.